The number of carbonyl (C=O) groups is 2. The molecule has 1 N–H and O–H groups in total. The van der Waals surface area contributed by atoms with Crippen molar-refractivity contribution in [2.75, 3.05) is 19.5 Å². The van der Waals surface area contributed by atoms with Crippen LogP contribution in [0.5, 0.6) is 5.75 Å². The smallest absolute Gasteiger partial charge is 0.341 e. The second kappa shape index (κ2) is 8.48. The second-order valence-corrected chi connectivity index (χ2v) is 6.51. The van der Waals surface area contributed by atoms with Gasteiger partial charge in [0.25, 0.3) is 0 Å². The Morgan fingerprint density at radius 3 is 2.44 bits per heavy atom. The maximum Gasteiger partial charge on any atom is 0.341 e. The molecule has 6 heteroatoms. The molecule has 0 unspecified atom stereocenters. The van der Waals surface area contributed by atoms with Crippen LogP contribution in [-0.2, 0) is 16.0 Å². The van der Waals surface area contributed by atoms with Crippen molar-refractivity contribution in [2.45, 2.75) is 20.3 Å². The van der Waals surface area contributed by atoms with E-state index in [9.17, 15) is 9.59 Å². The third-order valence-electron chi connectivity index (χ3n) is 3.73. The molecule has 0 aliphatic heterocycles. The molecule has 0 radical (unpaired) electrons. The number of benzene rings is 1. The van der Waals surface area contributed by atoms with Gasteiger partial charge in [-0.3, -0.25) is 4.79 Å². The average molecular weight is 359 g/mol. The van der Waals surface area contributed by atoms with Gasteiger partial charge >= 0.3 is 5.97 Å². The number of anilines is 1. The number of nitrogens with one attached hydrogen (secondary N) is 1. The Hall–Kier alpha value is -2.60. The van der Waals surface area contributed by atoms with Gasteiger partial charge in [-0.25, -0.2) is 4.79 Å². The minimum absolute atomic E-state index is 0.301. The average Bonchev–Trinajstić information content (AvgIpc) is 2.94. The fourth-order valence-electron chi connectivity index (χ4n) is 2.45. The van der Waals surface area contributed by atoms with Crippen molar-refractivity contribution in [1.82, 2.24) is 0 Å². The zero-order valence-electron chi connectivity index (χ0n) is 14.7. The highest BCUT2D eigenvalue weighted by Crippen LogP contribution is 2.34. The lowest BCUT2D eigenvalue weighted by Crippen LogP contribution is -2.12. The van der Waals surface area contributed by atoms with E-state index in [1.807, 2.05) is 38.1 Å². The Bertz CT molecular complexity index is 791. The molecule has 1 amide bonds. The number of aryl methyl sites for hydroxylation is 1. The summed E-state index contributed by atoms with van der Waals surface area (Å²) in [5, 5.41) is 3.30. The van der Waals surface area contributed by atoms with Crippen molar-refractivity contribution in [2.24, 2.45) is 0 Å². The first-order valence-electron chi connectivity index (χ1n) is 7.83. The van der Waals surface area contributed by atoms with Crippen molar-refractivity contribution in [1.29, 1.82) is 0 Å². The van der Waals surface area contributed by atoms with Gasteiger partial charge in [-0.2, -0.15) is 0 Å². The predicted molar refractivity (Wildman–Crippen MR) is 100 cm³/mol. The van der Waals surface area contributed by atoms with Crippen LogP contribution in [0.25, 0.3) is 6.08 Å². The van der Waals surface area contributed by atoms with Crippen molar-refractivity contribution in [3.8, 4) is 5.75 Å². The number of thiophene rings is 1. The standard InChI is InChI=1S/C19H21NO4S/c1-5-15-12(2)25-18(17(15)19(22)24-4)20-16(21)11-8-13-6-9-14(23-3)10-7-13/h6-11H,5H2,1-4H3,(H,20,21)/b11-8-. The van der Waals surface area contributed by atoms with Crippen molar-refractivity contribution >= 4 is 34.3 Å². The van der Waals surface area contributed by atoms with Crippen molar-refractivity contribution in [3.05, 3.63) is 51.9 Å². The van der Waals surface area contributed by atoms with E-state index in [4.69, 9.17) is 9.47 Å². The van der Waals surface area contributed by atoms with Gasteiger partial charge in [-0.05, 0) is 42.7 Å². The van der Waals surface area contributed by atoms with Gasteiger partial charge in [0.15, 0.2) is 0 Å². The normalized spacial score (nSPS) is 10.7. The van der Waals surface area contributed by atoms with Crippen LogP contribution in [0.1, 0.15) is 33.3 Å². The van der Waals surface area contributed by atoms with Gasteiger partial charge in [0.1, 0.15) is 10.8 Å². The Morgan fingerprint density at radius 1 is 1.20 bits per heavy atom. The molecule has 132 valence electrons. The lowest BCUT2D eigenvalue weighted by atomic mass is 10.1. The van der Waals surface area contributed by atoms with Gasteiger partial charge in [-0.15, -0.1) is 11.3 Å². The van der Waals surface area contributed by atoms with Gasteiger partial charge in [0, 0.05) is 11.0 Å². The number of rotatable bonds is 6. The topological polar surface area (TPSA) is 64.6 Å². The molecule has 0 aliphatic rings. The van der Waals surface area contributed by atoms with E-state index < -0.39 is 5.97 Å². The fraction of sp³-hybridized carbons (Fsp3) is 0.263. The highest BCUT2D eigenvalue weighted by Gasteiger charge is 2.22. The summed E-state index contributed by atoms with van der Waals surface area (Å²) in [6.45, 7) is 3.90. The number of ether oxygens (including phenoxy) is 2. The lowest BCUT2D eigenvalue weighted by molar-refractivity contribution is -0.111. The SMILES string of the molecule is CCc1c(C)sc(NC(=O)/C=C\c2ccc(OC)cc2)c1C(=O)OC. The third kappa shape index (κ3) is 4.48. The van der Waals surface area contributed by atoms with E-state index in [0.29, 0.717) is 17.0 Å². The van der Waals surface area contributed by atoms with Crippen LogP contribution in [0.15, 0.2) is 30.3 Å². The Labute approximate surface area is 151 Å². The number of esters is 1. The molecule has 0 bridgehead atoms. The molecule has 0 fully saturated rings. The molecule has 2 rings (SSSR count). The van der Waals surface area contributed by atoms with Crippen LogP contribution in [0.4, 0.5) is 5.00 Å². The lowest BCUT2D eigenvalue weighted by Gasteiger charge is -2.05. The Kier molecular flexibility index (Phi) is 6.36. The van der Waals surface area contributed by atoms with Gasteiger partial charge < -0.3 is 14.8 Å². The van der Waals surface area contributed by atoms with E-state index in [1.54, 1.807) is 13.2 Å². The van der Waals surface area contributed by atoms with Gasteiger partial charge in [-0.1, -0.05) is 19.1 Å². The van der Waals surface area contributed by atoms with Crippen LogP contribution in [-0.4, -0.2) is 26.1 Å². The van der Waals surface area contributed by atoms with E-state index in [0.717, 1.165) is 21.8 Å². The number of methoxy groups -OCH3 is 2. The largest absolute Gasteiger partial charge is 0.497 e. The monoisotopic (exact) mass is 359 g/mol. The van der Waals surface area contributed by atoms with Crippen LogP contribution in [0.3, 0.4) is 0 Å². The summed E-state index contributed by atoms with van der Waals surface area (Å²) in [5.41, 5.74) is 2.23. The van der Waals surface area contributed by atoms with E-state index >= 15 is 0 Å². The first-order valence-corrected chi connectivity index (χ1v) is 8.65. The summed E-state index contributed by atoms with van der Waals surface area (Å²) in [4.78, 5) is 25.3. The minimum atomic E-state index is -0.435. The molecule has 2 aromatic rings. The number of hydrogen-bond acceptors (Lipinski definition) is 5. The van der Waals surface area contributed by atoms with Crippen LogP contribution in [0, 0.1) is 6.92 Å². The van der Waals surface area contributed by atoms with E-state index in [-0.39, 0.29) is 5.91 Å². The minimum Gasteiger partial charge on any atom is -0.497 e. The molecule has 1 aromatic carbocycles. The summed E-state index contributed by atoms with van der Waals surface area (Å²) in [5.74, 6) is 0.0194. The maximum absolute atomic E-state index is 12.2. The quantitative estimate of drug-likeness (QED) is 0.624. The van der Waals surface area contributed by atoms with Crippen molar-refractivity contribution in [3.63, 3.8) is 0 Å². The highest BCUT2D eigenvalue weighted by atomic mass is 32.1. The van der Waals surface area contributed by atoms with Gasteiger partial charge in [0.05, 0.1) is 19.8 Å². The van der Waals surface area contributed by atoms with Crippen LogP contribution >= 0.6 is 11.3 Å². The number of amides is 1. The molecule has 1 heterocycles. The summed E-state index contributed by atoms with van der Waals surface area (Å²) in [7, 11) is 2.94. The molecule has 25 heavy (non-hydrogen) atoms. The summed E-state index contributed by atoms with van der Waals surface area (Å²) >= 11 is 1.38. The van der Waals surface area contributed by atoms with E-state index in [2.05, 4.69) is 5.32 Å². The first-order chi connectivity index (χ1) is 12.0. The number of carbonyl (C=O) groups excluding carboxylic acids is 2. The molecule has 0 saturated heterocycles. The predicted octanol–water partition coefficient (Wildman–Crippen LogP) is 4.07. The zero-order chi connectivity index (χ0) is 18.4. The zero-order valence-corrected chi connectivity index (χ0v) is 15.5. The van der Waals surface area contributed by atoms with E-state index in [1.165, 1.54) is 24.5 Å². The molecule has 0 aliphatic carbocycles. The van der Waals surface area contributed by atoms with Crippen LogP contribution in [0.2, 0.25) is 0 Å². The molecule has 0 atom stereocenters. The van der Waals surface area contributed by atoms with Crippen molar-refractivity contribution < 1.29 is 19.1 Å². The summed E-state index contributed by atoms with van der Waals surface area (Å²) in [6.07, 6.45) is 3.83. The molecule has 1 aromatic heterocycles. The van der Waals surface area contributed by atoms with Crippen LogP contribution < -0.4 is 10.1 Å². The number of hydrogen-bond donors (Lipinski definition) is 1. The Balaban J connectivity index is 2.17. The molecule has 5 nitrogen and oxygen atoms in total. The second-order valence-electron chi connectivity index (χ2n) is 5.28. The third-order valence-corrected chi connectivity index (χ3v) is 4.79. The Morgan fingerprint density at radius 2 is 1.88 bits per heavy atom. The van der Waals surface area contributed by atoms with Gasteiger partial charge in [0.2, 0.25) is 5.91 Å². The first kappa shape index (κ1) is 18.7. The molecular formula is C19H21NO4S. The molecular weight excluding hydrogens is 338 g/mol. The summed E-state index contributed by atoms with van der Waals surface area (Å²) < 4.78 is 9.95. The highest BCUT2D eigenvalue weighted by molar-refractivity contribution is 7.16. The fourth-order valence-corrected chi connectivity index (χ4v) is 3.59. The maximum atomic E-state index is 12.2. The molecule has 0 saturated carbocycles. The molecule has 0 spiro atoms. The summed E-state index contributed by atoms with van der Waals surface area (Å²) in [6, 6.07) is 7.35.